The van der Waals surface area contributed by atoms with Gasteiger partial charge in [-0.2, -0.15) is 0 Å². The smallest absolute Gasteiger partial charge is 0.271 e. The summed E-state index contributed by atoms with van der Waals surface area (Å²) in [6.07, 6.45) is 3.20. The lowest BCUT2D eigenvalue weighted by atomic mass is 10.0. The summed E-state index contributed by atoms with van der Waals surface area (Å²) in [5, 5.41) is 13.8. The highest BCUT2D eigenvalue weighted by Crippen LogP contribution is 2.32. The average molecular weight is 492 g/mol. The standard InChI is InChI=1S/C28H39F2NO4/c1-27(2)34-20-24-18-23(12-13-26(24)35-27)25(32)19-31-16-8-3-4-9-17-33-21-28(29,30)15-14-22-10-6-5-7-11-22/h5-7,10-13,18,25,31-32H,3-4,8-9,14-17,19-21H2,1-2H3/t25-/m0/s1. The topological polar surface area (TPSA) is 60.0 Å². The van der Waals surface area contributed by atoms with Crippen molar-refractivity contribution in [2.24, 2.45) is 0 Å². The molecule has 7 heteroatoms. The first-order chi connectivity index (χ1) is 16.7. The Balaban J connectivity index is 1.19. The maximum atomic E-state index is 14.0. The quantitative estimate of drug-likeness (QED) is 0.309. The monoisotopic (exact) mass is 491 g/mol. The van der Waals surface area contributed by atoms with Crippen LogP contribution in [0, 0.1) is 0 Å². The summed E-state index contributed by atoms with van der Waals surface area (Å²) in [5.74, 6) is -2.63. The summed E-state index contributed by atoms with van der Waals surface area (Å²) in [7, 11) is 0. The summed E-state index contributed by atoms with van der Waals surface area (Å²) in [4.78, 5) is 0. The largest absolute Gasteiger partial charge is 0.463 e. The number of aryl methyl sites for hydroxylation is 1. The molecule has 0 saturated carbocycles. The Labute approximate surface area is 207 Å². The van der Waals surface area contributed by atoms with Crippen LogP contribution in [0.5, 0.6) is 5.75 Å². The van der Waals surface area contributed by atoms with Crippen LogP contribution < -0.4 is 10.1 Å². The van der Waals surface area contributed by atoms with E-state index >= 15 is 0 Å². The number of alkyl halides is 2. The molecule has 0 amide bonds. The van der Waals surface area contributed by atoms with E-state index in [0.29, 0.717) is 26.2 Å². The Kier molecular flexibility index (Phi) is 10.5. The molecule has 0 spiro atoms. The van der Waals surface area contributed by atoms with Crippen molar-refractivity contribution in [2.45, 2.75) is 76.8 Å². The van der Waals surface area contributed by atoms with E-state index in [2.05, 4.69) is 5.32 Å². The number of hydrogen-bond donors (Lipinski definition) is 2. The second kappa shape index (κ2) is 13.3. The minimum Gasteiger partial charge on any atom is -0.463 e. The number of hydrogen-bond acceptors (Lipinski definition) is 5. The lowest BCUT2D eigenvalue weighted by Gasteiger charge is -2.33. The van der Waals surface area contributed by atoms with Gasteiger partial charge in [0.25, 0.3) is 5.92 Å². The lowest BCUT2D eigenvalue weighted by Crippen LogP contribution is -2.35. The Morgan fingerprint density at radius 1 is 1.09 bits per heavy atom. The zero-order valence-corrected chi connectivity index (χ0v) is 20.9. The second-order valence-electron chi connectivity index (χ2n) is 9.69. The predicted molar refractivity (Wildman–Crippen MR) is 133 cm³/mol. The van der Waals surface area contributed by atoms with Crippen LogP contribution in [0.4, 0.5) is 8.78 Å². The molecule has 2 aromatic rings. The predicted octanol–water partition coefficient (Wildman–Crippen LogP) is 5.80. The van der Waals surface area contributed by atoms with Crippen molar-refractivity contribution >= 4 is 0 Å². The highest BCUT2D eigenvalue weighted by molar-refractivity contribution is 5.39. The molecule has 1 heterocycles. The molecular weight excluding hydrogens is 452 g/mol. The number of benzene rings is 2. The maximum Gasteiger partial charge on any atom is 0.271 e. The van der Waals surface area contributed by atoms with Crippen LogP contribution in [0.3, 0.4) is 0 Å². The molecule has 3 rings (SSSR count). The van der Waals surface area contributed by atoms with Gasteiger partial charge in [0.15, 0.2) is 0 Å². The Hall–Kier alpha value is -2.06. The fourth-order valence-electron chi connectivity index (χ4n) is 3.99. The molecule has 2 N–H and O–H groups in total. The highest BCUT2D eigenvalue weighted by atomic mass is 19.3. The molecule has 194 valence electrons. The van der Waals surface area contributed by atoms with Crippen LogP contribution >= 0.6 is 0 Å². The number of nitrogens with one attached hydrogen (secondary N) is 1. The first kappa shape index (κ1) is 27.5. The Morgan fingerprint density at radius 3 is 2.66 bits per heavy atom. The molecule has 1 aliphatic rings. The molecule has 5 nitrogen and oxygen atoms in total. The Morgan fingerprint density at radius 2 is 1.86 bits per heavy atom. The maximum absolute atomic E-state index is 14.0. The van der Waals surface area contributed by atoms with Gasteiger partial charge in [-0.3, -0.25) is 0 Å². The fourth-order valence-corrected chi connectivity index (χ4v) is 3.99. The van der Waals surface area contributed by atoms with E-state index in [1.54, 1.807) is 0 Å². The minimum absolute atomic E-state index is 0.195. The van der Waals surface area contributed by atoms with Crippen molar-refractivity contribution in [2.75, 3.05) is 26.3 Å². The van der Waals surface area contributed by atoms with E-state index in [-0.39, 0.29) is 6.42 Å². The van der Waals surface area contributed by atoms with Crippen molar-refractivity contribution in [1.82, 2.24) is 5.32 Å². The third-order valence-corrected chi connectivity index (χ3v) is 6.07. The van der Waals surface area contributed by atoms with Gasteiger partial charge in [0.1, 0.15) is 12.4 Å². The summed E-state index contributed by atoms with van der Waals surface area (Å²) >= 11 is 0. The molecule has 0 radical (unpaired) electrons. The molecule has 0 aromatic heterocycles. The lowest BCUT2D eigenvalue weighted by molar-refractivity contribution is -0.180. The molecule has 0 aliphatic carbocycles. The van der Waals surface area contributed by atoms with E-state index in [4.69, 9.17) is 14.2 Å². The van der Waals surface area contributed by atoms with Gasteiger partial charge in [0.2, 0.25) is 5.79 Å². The number of ether oxygens (including phenoxy) is 3. The van der Waals surface area contributed by atoms with E-state index in [0.717, 1.165) is 54.7 Å². The molecule has 35 heavy (non-hydrogen) atoms. The normalized spacial score (nSPS) is 15.9. The highest BCUT2D eigenvalue weighted by Gasteiger charge is 2.29. The summed E-state index contributed by atoms with van der Waals surface area (Å²) in [6.45, 7) is 5.32. The second-order valence-corrected chi connectivity index (χ2v) is 9.69. The zero-order chi connectivity index (χ0) is 25.2. The number of aliphatic hydroxyl groups is 1. The molecule has 1 aliphatic heterocycles. The van der Waals surface area contributed by atoms with Gasteiger partial charge in [0, 0.05) is 39.0 Å². The molecular formula is C28H39F2NO4. The van der Waals surface area contributed by atoms with Crippen LogP contribution in [0.1, 0.15) is 68.7 Å². The number of fused-ring (bicyclic) bond motifs is 1. The first-order valence-corrected chi connectivity index (χ1v) is 12.6. The zero-order valence-electron chi connectivity index (χ0n) is 20.9. The molecule has 0 saturated heterocycles. The number of aliphatic hydroxyl groups excluding tert-OH is 1. The van der Waals surface area contributed by atoms with Gasteiger partial charge in [-0.1, -0.05) is 49.2 Å². The number of rotatable bonds is 15. The average Bonchev–Trinajstić information content (AvgIpc) is 2.83. The van der Waals surface area contributed by atoms with Gasteiger partial charge in [0.05, 0.1) is 12.7 Å². The number of unbranched alkanes of at least 4 members (excludes halogenated alkanes) is 3. The van der Waals surface area contributed by atoms with Crippen LogP contribution in [-0.2, 0) is 22.5 Å². The third-order valence-electron chi connectivity index (χ3n) is 6.07. The fraction of sp³-hybridized carbons (Fsp3) is 0.571. The van der Waals surface area contributed by atoms with Crippen molar-refractivity contribution in [3.8, 4) is 5.75 Å². The van der Waals surface area contributed by atoms with Gasteiger partial charge in [-0.15, -0.1) is 0 Å². The molecule has 0 bridgehead atoms. The van der Waals surface area contributed by atoms with Gasteiger partial charge in [-0.25, -0.2) is 8.78 Å². The molecule has 2 aromatic carbocycles. The van der Waals surface area contributed by atoms with E-state index in [1.165, 1.54) is 0 Å². The first-order valence-electron chi connectivity index (χ1n) is 12.6. The summed E-state index contributed by atoms with van der Waals surface area (Å²) in [5.41, 5.74) is 2.70. The number of halogens is 2. The van der Waals surface area contributed by atoms with Crippen molar-refractivity contribution in [3.05, 3.63) is 65.2 Å². The van der Waals surface area contributed by atoms with Gasteiger partial charge < -0.3 is 24.6 Å². The van der Waals surface area contributed by atoms with Gasteiger partial charge in [-0.05, 0) is 49.1 Å². The van der Waals surface area contributed by atoms with Crippen molar-refractivity contribution < 1.29 is 28.1 Å². The molecule has 1 atom stereocenters. The van der Waals surface area contributed by atoms with Crippen molar-refractivity contribution in [1.29, 1.82) is 0 Å². The van der Waals surface area contributed by atoms with E-state index in [1.807, 2.05) is 62.4 Å². The van der Waals surface area contributed by atoms with Gasteiger partial charge >= 0.3 is 0 Å². The Bertz CT molecular complexity index is 892. The van der Waals surface area contributed by atoms with E-state index in [9.17, 15) is 13.9 Å². The van der Waals surface area contributed by atoms with Crippen LogP contribution in [-0.4, -0.2) is 43.1 Å². The molecule has 0 fully saturated rings. The SMILES string of the molecule is CC1(C)OCc2cc([C@@H](O)CNCCCCCCOCC(F)(F)CCc3ccccc3)ccc2O1. The third kappa shape index (κ3) is 9.84. The minimum atomic E-state index is -2.80. The van der Waals surface area contributed by atoms with Crippen LogP contribution in [0.15, 0.2) is 48.5 Å². The van der Waals surface area contributed by atoms with Crippen LogP contribution in [0.25, 0.3) is 0 Å². The molecule has 0 unspecified atom stereocenters. The van der Waals surface area contributed by atoms with Crippen LogP contribution in [0.2, 0.25) is 0 Å². The summed E-state index contributed by atoms with van der Waals surface area (Å²) < 4.78 is 44.6. The summed E-state index contributed by atoms with van der Waals surface area (Å²) in [6, 6.07) is 15.1. The van der Waals surface area contributed by atoms with Crippen molar-refractivity contribution in [3.63, 3.8) is 0 Å². The van der Waals surface area contributed by atoms with E-state index < -0.39 is 24.4 Å².